The third kappa shape index (κ3) is 2.99. The van der Waals surface area contributed by atoms with Crippen LogP contribution in [0.2, 0.25) is 0 Å². The second kappa shape index (κ2) is 5.63. The number of benzene rings is 2. The van der Waals surface area contributed by atoms with E-state index in [9.17, 15) is 9.50 Å². The maximum absolute atomic E-state index is 14.1. The predicted molar refractivity (Wildman–Crippen MR) is 77.4 cm³/mol. The van der Waals surface area contributed by atoms with E-state index < -0.39 is 11.4 Å². The first-order chi connectivity index (χ1) is 9.44. The van der Waals surface area contributed by atoms with Crippen molar-refractivity contribution in [3.05, 3.63) is 65.0 Å². The molecule has 2 aromatic carbocycles. The van der Waals surface area contributed by atoms with Crippen molar-refractivity contribution in [2.75, 3.05) is 7.11 Å². The van der Waals surface area contributed by atoms with E-state index in [4.69, 9.17) is 4.74 Å². The molecule has 3 heteroatoms. The normalized spacial score (nSPS) is 13.8. The number of hydrogen-bond acceptors (Lipinski definition) is 2. The highest BCUT2D eigenvalue weighted by Gasteiger charge is 2.30. The van der Waals surface area contributed by atoms with Crippen molar-refractivity contribution in [1.29, 1.82) is 0 Å². The fourth-order valence-electron chi connectivity index (χ4n) is 2.51. The Morgan fingerprint density at radius 1 is 1.20 bits per heavy atom. The van der Waals surface area contributed by atoms with Gasteiger partial charge in [-0.25, -0.2) is 4.39 Å². The van der Waals surface area contributed by atoms with Gasteiger partial charge in [-0.05, 0) is 31.5 Å². The number of aliphatic hydroxyl groups is 1. The standard InChI is InChI=1S/C17H19FO2/c1-12-6-4-7-13(10-12)11-17(2,19)16-14(18)8-5-9-15(16)20-3/h4-10,19H,11H2,1-3H3. The number of halogens is 1. The number of hydrogen-bond donors (Lipinski definition) is 1. The highest BCUT2D eigenvalue weighted by molar-refractivity contribution is 5.40. The second-order valence-electron chi connectivity index (χ2n) is 5.26. The molecule has 0 spiro atoms. The number of rotatable bonds is 4. The Balaban J connectivity index is 2.40. The minimum absolute atomic E-state index is 0.198. The molecule has 20 heavy (non-hydrogen) atoms. The molecule has 0 heterocycles. The highest BCUT2D eigenvalue weighted by atomic mass is 19.1. The predicted octanol–water partition coefficient (Wildman–Crippen LogP) is 3.59. The molecule has 2 aromatic rings. The first-order valence-electron chi connectivity index (χ1n) is 6.55. The van der Waals surface area contributed by atoms with Gasteiger partial charge >= 0.3 is 0 Å². The molecule has 0 aliphatic carbocycles. The van der Waals surface area contributed by atoms with Crippen LogP contribution >= 0.6 is 0 Å². The van der Waals surface area contributed by atoms with Gasteiger partial charge in [0.15, 0.2) is 0 Å². The zero-order valence-electron chi connectivity index (χ0n) is 12.0. The van der Waals surface area contributed by atoms with Crippen LogP contribution in [-0.4, -0.2) is 12.2 Å². The molecule has 1 unspecified atom stereocenters. The Morgan fingerprint density at radius 2 is 1.90 bits per heavy atom. The van der Waals surface area contributed by atoms with Crippen LogP contribution in [0.15, 0.2) is 42.5 Å². The van der Waals surface area contributed by atoms with Crippen molar-refractivity contribution in [3.8, 4) is 5.75 Å². The molecule has 0 aromatic heterocycles. The highest BCUT2D eigenvalue weighted by Crippen LogP contribution is 2.34. The molecule has 0 aliphatic heterocycles. The molecule has 1 atom stereocenters. The maximum atomic E-state index is 14.1. The van der Waals surface area contributed by atoms with Gasteiger partial charge in [-0.15, -0.1) is 0 Å². The summed E-state index contributed by atoms with van der Waals surface area (Å²) in [7, 11) is 1.47. The molecule has 0 saturated heterocycles. The van der Waals surface area contributed by atoms with Crippen molar-refractivity contribution < 1.29 is 14.2 Å². The summed E-state index contributed by atoms with van der Waals surface area (Å²) in [5.74, 6) is -0.0929. The largest absolute Gasteiger partial charge is 0.496 e. The molecule has 0 aliphatic rings. The Kier molecular flexibility index (Phi) is 4.09. The molecule has 2 nitrogen and oxygen atoms in total. The maximum Gasteiger partial charge on any atom is 0.133 e. The molecule has 0 bridgehead atoms. The van der Waals surface area contributed by atoms with Crippen LogP contribution in [0.5, 0.6) is 5.75 Å². The minimum atomic E-state index is -1.33. The number of methoxy groups -OCH3 is 1. The molecule has 0 radical (unpaired) electrons. The summed E-state index contributed by atoms with van der Waals surface area (Å²) >= 11 is 0. The summed E-state index contributed by atoms with van der Waals surface area (Å²) in [6.07, 6.45) is 0.325. The summed E-state index contributed by atoms with van der Waals surface area (Å²) in [4.78, 5) is 0. The van der Waals surface area contributed by atoms with E-state index in [1.165, 1.54) is 13.2 Å². The van der Waals surface area contributed by atoms with Crippen LogP contribution in [0.25, 0.3) is 0 Å². The van der Waals surface area contributed by atoms with Crippen LogP contribution in [0.4, 0.5) is 4.39 Å². The van der Waals surface area contributed by atoms with Crippen molar-refractivity contribution in [3.63, 3.8) is 0 Å². The molecule has 0 amide bonds. The summed E-state index contributed by atoms with van der Waals surface area (Å²) in [5.41, 5.74) is 0.938. The molecule has 0 fully saturated rings. The van der Waals surface area contributed by atoms with Gasteiger partial charge in [0.05, 0.1) is 18.3 Å². The van der Waals surface area contributed by atoms with Crippen molar-refractivity contribution in [1.82, 2.24) is 0 Å². The van der Waals surface area contributed by atoms with E-state index in [1.807, 2.05) is 31.2 Å². The van der Waals surface area contributed by atoms with Gasteiger partial charge in [0.1, 0.15) is 11.6 Å². The molecular weight excluding hydrogens is 255 g/mol. The summed E-state index contributed by atoms with van der Waals surface area (Å²) in [5, 5.41) is 10.7. The molecule has 106 valence electrons. The van der Waals surface area contributed by atoms with Crippen LogP contribution < -0.4 is 4.74 Å². The van der Waals surface area contributed by atoms with Gasteiger partial charge in [-0.1, -0.05) is 35.9 Å². The van der Waals surface area contributed by atoms with Crippen LogP contribution in [0, 0.1) is 12.7 Å². The lowest BCUT2D eigenvalue weighted by Crippen LogP contribution is -2.26. The van der Waals surface area contributed by atoms with Gasteiger partial charge < -0.3 is 9.84 Å². The second-order valence-corrected chi connectivity index (χ2v) is 5.26. The molecular formula is C17H19FO2. The topological polar surface area (TPSA) is 29.5 Å². The molecule has 1 N–H and O–H groups in total. The van der Waals surface area contributed by atoms with Crippen molar-refractivity contribution in [2.24, 2.45) is 0 Å². The van der Waals surface area contributed by atoms with E-state index in [-0.39, 0.29) is 5.56 Å². The van der Waals surface area contributed by atoms with Gasteiger partial charge in [0, 0.05) is 6.42 Å². The smallest absolute Gasteiger partial charge is 0.133 e. The monoisotopic (exact) mass is 274 g/mol. The average molecular weight is 274 g/mol. The van der Waals surface area contributed by atoms with E-state index in [0.29, 0.717) is 12.2 Å². The lowest BCUT2D eigenvalue weighted by Gasteiger charge is -2.26. The average Bonchev–Trinajstić information content (AvgIpc) is 2.37. The third-order valence-electron chi connectivity index (χ3n) is 3.36. The van der Waals surface area contributed by atoms with Crippen LogP contribution in [-0.2, 0) is 12.0 Å². The van der Waals surface area contributed by atoms with E-state index >= 15 is 0 Å². The Morgan fingerprint density at radius 3 is 2.55 bits per heavy atom. The first-order valence-corrected chi connectivity index (χ1v) is 6.55. The summed E-state index contributed by atoms with van der Waals surface area (Å²) in [6.45, 7) is 3.60. The van der Waals surface area contributed by atoms with Crippen molar-refractivity contribution in [2.45, 2.75) is 25.9 Å². The van der Waals surface area contributed by atoms with E-state index in [0.717, 1.165) is 11.1 Å². The Bertz CT molecular complexity index is 606. The van der Waals surface area contributed by atoms with Crippen molar-refractivity contribution >= 4 is 0 Å². The zero-order chi connectivity index (χ0) is 14.8. The van der Waals surface area contributed by atoms with Crippen LogP contribution in [0.1, 0.15) is 23.6 Å². The fraction of sp³-hybridized carbons (Fsp3) is 0.294. The fourth-order valence-corrected chi connectivity index (χ4v) is 2.51. The summed E-state index contributed by atoms with van der Waals surface area (Å²) in [6, 6.07) is 12.4. The number of aryl methyl sites for hydroxylation is 1. The van der Waals surface area contributed by atoms with Gasteiger partial charge in [-0.3, -0.25) is 0 Å². The molecule has 0 saturated carbocycles. The summed E-state index contributed by atoms with van der Waals surface area (Å²) < 4.78 is 19.2. The minimum Gasteiger partial charge on any atom is -0.496 e. The van der Waals surface area contributed by atoms with E-state index in [1.54, 1.807) is 19.1 Å². The Labute approximate surface area is 118 Å². The van der Waals surface area contributed by atoms with Gasteiger partial charge in [0.2, 0.25) is 0 Å². The van der Waals surface area contributed by atoms with Gasteiger partial charge in [-0.2, -0.15) is 0 Å². The van der Waals surface area contributed by atoms with E-state index in [2.05, 4.69) is 0 Å². The SMILES string of the molecule is COc1cccc(F)c1C(C)(O)Cc1cccc(C)c1. The molecule has 2 rings (SSSR count). The van der Waals surface area contributed by atoms with Crippen LogP contribution in [0.3, 0.4) is 0 Å². The third-order valence-corrected chi connectivity index (χ3v) is 3.36. The van der Waals surface area contributed by atoms with Gasteiger partial charge in [0.25, 0.3) is 0 Å². The lowest BCUT2D eigenvalue weighted by molar-refractivity contribution is 0.0510. The number of ether oxygens (including phenoxy) is 1. The zero-order valence-corrected chi connectivity index (χ0v) is 12.0. The first kappa shape index (κ1) is 14.5. The quantitative estimate of drug-likeness (QED) is 0.923. The lowest BCUT2D eigenvalue weighted by atomic mass is 9.87. The Hall–Kier alpha value is -1.87.